The van der Waals surface area contributed by atoms with Crippen LogP contribution in [0.25, 0.3) is 10.2 Å². The zero-order valence-corrected chi connectivity index (χ0v) is 12.2. The molecule has 2 N–H and O–H groups in total. The molecule has 1 atom stereocenters. The van der Waals surface area contributed by atoms with Gasteiger partial charge in [-0.25, -0.2) is 4.98 Å². The van der Waals surface area contributed by atoms with Gasteiger partial charge in [-0.3, -0.25) is 9.59 Å². The number of aliphatic carboxylic acids is 1. The number of nitrogens with one attached hydrogen (secondary N) is 1. The van der Waals surface area contributed by atoms with Crippen LogP contribution in [0.15, 0.2) is 23.7 Å². The molecule has 6 heteroatoms. The van der Waals surface area contributed by atoms with Gasteiger partial charge in [0, 0.05) is 12.1 Å². The molecule has 0 aliphatic carbocycles. The number of carboxylic acid groups (broad SMARTS) is 1. The molecular weight excluding hydrogens is 276 g/mol. The van der Waals surface area contributed by atoms with Gasteiger partial charge in [-0.05, 0) is 31.5 Å². The van der Waals surface area contributed by atoms with Crippen molar-refractivity contribution in [1.29, 1.82) is 0 Å². The highest BCUT2D eigenvalue weighted by Crippen LogP contribution is 2.21. The minimum absolute atomic E-state index is 0.110. The second kappa shape index (κ2) is 5.58. The van der Waals surface area contributed by atoms with Crippen molar-refractivity contribution in [2.45, 2.75) is 20.3 Å². The van der Waals surface area contributed by atoms with E-state index in [-0.39, 0.29) is 12.5 Å². The molecule has 2 aromatic rings. The highest BCUT2D eigenvalue weighted by Gasteiger charge is 2.31. The molecule has 1 unspecified atom stereocenters. The summed E-state index contributed by atoms with van der Waals surface area (Å²) in [5.41, 5.74) is 2.16. The first-order valence-electron chi connectivity index (χ1n) is 6.31. The van der Waals surface area contributed by atoms with Crippen molar-refractivity contribution in [2.75, 3.05) is 6.54 Å². The molecule has 0 fully saturated rings. The SMILES string of the molecule is CCC(C)(CNC(=O)c1ccc2ncsc2c1)C(=O)O. The maximum absolute atomic E-state index is 12.1. The molecule has 0 radical (unpaired) electrons. The first-order chi connectivity index (χ1) is 9.46. The second-order valence-corrected chi connectivity index (χ2v) is 5.82. The van der Waals surface area contributed by atoms with Crippen LogP contribution in [-0.4, -0.2) is 28.5 Å². The molecule has 0 aliphatic rings. The van der Waals surface area contributed by atoms with Gasteiger partial charge >= 0.3 is 5.97 Å². The topological polar surface area (TPSA) is 79.3 Å². The summed E-state index contributed by atoms with van der Waals surface area (Å²) in [6, 6.07) is 5.25. The standard InChI is InChI=1S/C14H16N2O3S/c1-3-14(2,13(18)19)7-15-12(17)9-4-5-10-11(6-9)20-8-16-10/h4-6,8H,3,7H2,1-2H3,(H,15,17)(H,18,19). The number of carbonyl (C=O) groups excluding carboxylic acids is 1. The second-order valence-electron chi connectivity index (χ2n) is 4.94. The number of benzene rings is 1. The van der Waals surface area contributed by atoms with E-state index < -0.39 is 11.4 Å². The number of nitrogens with zero attached hydrogens (tertiary/aromatic N) is 1. The summed E-state index contributed by atoms with van der Waals surface area (Å²) in [6.07, 6.45) is 0.455. The number of aromatic nitrogens is 1. The molecule has 1 heterocycles. The van der Waals surface area contributed by atoms with Crippen molar-refractivity contribution in [3.63, 3.8) is 0 Å². The smallest absolute Gasteiger partial charge is 0.311 e. The molecular formula is C14H16N2O3S. The van der Waals surface area contributed by atoms with E-state index in [2.05, 4.69) is 10.3 Å². The molecule has 0 bridgehead atoms. The monoisotopic (exact) mass is 292 g/mol. The quantitative estimate of drug-likeness (QED) is 0.887. The molecule has 0 spiro atoms. The molecule has 1 amide bonds. The van der Waals surface area contributed by atoms with Crippen LogP contribution in [0.1, 0.15) is 30.6 Å². The summed E-state index contributed by atoms with van der Waals surface area (Å²) < 4.78 is 0.939. The van der Waals surface area contributed by atoms with Crippen LogP contribution in [-0.2, 0) is 4.79 Å². The fourth-order valence-electron chi connectivity index (χ4n) is 1.73. The Morgan fingerprint density at radius 1 is 1.45 bits per heavy atom. The Balaban J connectivity index is 2.10. The largest absolute Gasteiger partial charge is 0.481 e. The number of hydrogen-bond donors (Lipinski definition) is 2. The van der Waals surface area contributed by atoms with Crippen molar-refractivity contribution in [3.05, 3.63) is 29.3 Å². The van der Waals surface area contributed by atoms with E-state index in [1.54, 1.807) is 37.6 Å². The zero-order valence-electron chi connectivity index (χ0n) is 11.3. The van der Waals surface area contributed by atoms with Gasteiger partial charge in [0.05, 0.1) is 21.1 Å². The highest BCUT2D eigenvalue weighted by molar-refractivity contribution is 7.16. The van der Waals surface area contributed by atoms with Crippen molar-refractivity contribution < 1.29 is 14.7 Å². The normalized spacial score (nSPS) is 13.9. The lowest BCUT2D eigenvalue weighted by Gasteiger charge is -2.23. The van der Waals surface area contributed by atoms with Crippen LogP contribution in [0.5, 0.6) is 0 Å². The van der Waals surface area contributed by atoms with E-state index in [0.717, 1.165) is 10.2 Å². The molecule has 20 heavy (non-hydrogen) atoms. The Labute approximate surface area is 120 Å². The fraction of sp³-hybridized carbons (Fsp3) is 0.357. The predicted molar refractivity (Wildman–Crippen MR) is 78.0 cm³/mol. The molecule has 106 valence electrons. The Hall–Kier alpha value is -1.95. The van der Waals surface area contributed by atoms with E-state index in [1.807, 2.05) is 0 Å². The minimum Gasteiger partial charge on any atom is -0.481 e. The van der Waals surface area contributed by atoms with Crippen molar-refractivity contribution in [2.24, 2.45) is 5.41 Å². The van der Waals surface area contributed by atoms with Crippen LogP contribution in [0, 0.1) is 5.41 Å². The summed E-state index contributed by atoms with van der Waals surface area (Å²) in [5.74, 6) is -1.17. The van der Waals surface area contributed by atoms with Crippen LogP contribution in [0.2, 0.25) is 0 Å². The van der Waals surface area contributed by atoms with Gasteiger partial charge in [0.25, 0.3) is 5.91 Å². The van der Waals surface area contributed by atoms with Gasteiger partial charge in [-0.2, -0.15) is 0 Å². The highest BCUT2D eigenvalue weighted by atomic mass is 32.1. The van der Waals surface area contributed by atoms with E-state index in [1.165, 1.54) is 11.3 Å². The van der Waals surface area contributed by atoms with Gasteiger partial charge in [-0.1, -0.05) is 6.92 Å². The van der Waals surface area contributed by atoms with Crippen molar-refractivity contribution in [1.82, 2.24) is 10.3 Å². The number of carboxylic acids is 1. The lowest BCUT2D eigenvalue weighted by Crippen LogP contribution is -2.40. The number of hydrogen-bond acceptors (Lipinski definition) is 4. The van der Waals surface area contributed by atoms with Crippen LogP contribution in [0.3, 0.4) is 0 Å². The van der Waals surface area contributed by atoms with E-state index in [0.29, 0.717) is 12.0 Å². The minimum atomic E-state index is -0.940. The predicted octanol–water partition coefficient (Wildman–Crippen LogP) is 2.53. The Bertz CT molecular complexity index is 653. The zero-order chi connectivity index (χ0) is 14.8. The number of amides is 1. The van der Waals surface area contributed by atoms with Gasteiger partial charge in [0.1, 0.15) is 0 Å². The van der Waals surface area contributed by atoms with Crippen molar-refractivity contribution in [3.8, 4) is 0 Å². The van der Waals surface area contributed by atoms with E-state index >= 15 is 0 Å². The lowest BCUT2D eigenvalue weighted by atomic mass is 9.87. The average molecular weight is 292 g/mol. The molecule has 5 nitrogen and oxygen atoms in total. The third-order valence-corrected chi connectivity index (χ3v) is 4.32. The van der Waals surface area contributed by atoms with Gasteiger partial charge < -0.3 is 10.4 Å². The van der Waals surface area contributed by atoms with Crippen LogP contribution >= 0.6 is 11.3 Å². The molecule has 0 saturated carbocycles. The summed E-state index contributed by atoms with van der Waals surface area (Å²) in [7, 11) is 0. The maximum Gasteiger partial charge on any atom is 0.311 e. The third kappa shape index (κ3) is 2.80. The summed E-state index contributed by atoms with van der Waals surface area (Å²) in [4.78, 5) is 27.4. The van der Waals surface area contributed by atoms with Gasteiger partial charge in [0.2, 0.25) is 0 Å². The number of thiazole rings is 1. The first kappa shape index (κ1) is 14.5. The summed E-state index contributed by atoms with van der Waals surface area (Å²) in [6.45, 7) is 3.53. The van der Waals surface area contributed by atoms with E-state index in [4.69, 9.17) is 0 Å². The Morgan fingerprint density at radius 2 is 2.20 bits per heavy atom. The lowest BCUT2D eigenvalue weighted by molar-refractivity contribution is -0.147. The van der Waals surface area contributed by atoms with Crippen LogP contribution in [0.4, 0.5) is 0 Å². The van der Waals surface area contributed by atoms with Gasteiger partial charge in [-0.15, -0.1) is 11.3 Å². The summed E-state index contributed by atoms with van der Waals surface area (Å²) in [5, 5.41) is 11.9. The number of rotatable bonds is 5. The average Bonchev–Trinajstić information content (AvgIpc) is 2.91. The summed E-state index contributed by atoms with van der Waals surface area (Å²) >= 11 is 1.47. The van der Waals surface area contributed by atoms with E-state index in [9.17, 15) is 14.7 Å². The Morgan fingerprint density at radius 3 is 2.85 bits per heavy atom. The molecule has 2 rings (SSSR count). The molecule has 1 aromatic carbocycles. The number of fused-ring (bicyclic) bond motifs is 1. The Kier molecular flexibility index (Phi) is 4.04. The molecule has 0 saturated heterocycles. The third-order valence-electron chi connectivity index (χ3n) is 3.53. The number of carbonyl (C=O) groups is 2. The van der Waals surface area contributed by atoms with Gasteiger partial charge in [0.15, 0.2) is 0 Å². The van der Waals surface area contributed by atoms with Crippen molar-refractivity contribution >= 4 is 33.4 Å². The van der Waals surface area contributed by atoms with Crippen LogP contribution < -0.4 is 5.32 Å². The maximum atomic E-state index is 12.1. The molecule has 0 aliphatic heterocycles. The fourth-order valence-corrected chi connectivity index (χ4v) is 2.44. The molecule has 1 aromatic heterocycles. The first-order valence-corrected chi connectivity index (χ1v) is 7.19.